The van der Waals surface area contributed by atoms with E-state index in [0.717, 1.165) is 12.1 Å². The first-order valence-electron chi connectivity index (χ1n) is 13.8. The summed E-state index contributed by atoms with van der Waals surface area (Å²) in [5.41, 5.74) is 5.70. The van der Waals surface area contributed by atoms with Gasteiger partial charge < -0.3 is 15.2 Å². The van der Waals surface area contributed by atoms with Crippen LogP contribution in [-0.4, -0.2) is 30.9 Å². The molecule has 0 unspecified atom stereocenters. The minimum atomic E-state index is -4.61. The molecular weight excluding hydrogens is 600 g/mol. The Morgan fingerprint density at radius 3 is 2.27 bits per heavy atom. The minimum absolute atomic E-state index is 0.00102. The van der Waals surface area contributed by atoms with E-state index in [1.54, 1.807) is 31.4 Å². The van der Waals surface area contributed by atoms with Gasteiger partial charge in [-0.2, -0.15) is 13.2 Å². The molecule has 1 aliphatic heterocycles. The van der Waals surface area contributed by atoms with Gasteiger partial charge in [-0.25, -0.2) is 9.18 Å². The molecule has 0 saturated carbocycles. The molecule has 0 fully saturated rings. The molecule has 2 aliphatic rings. The van der Waals surface area contributed by atoms with Crippen LogP contribution in [0.15, 0.2) is 88.7 Å². The van der Waals surface area contributed by atoms with Gasteiger partial charge in [0.2, 0.25) is 0 Å². The maximum absolute atomic E-state index is 15.5. The third kappa shape index (κ3) is 5.49. The number of rotatable bonds is 7. The Morgan fingerprint density at radius 2 is 1.68 bits per heavy atom. The monoisotopic (exact) mass is 628 g/mol. The number of thiophene rings is 1. The number of esters is 2. The van der Waals surface area contributed by atoms with E-state index < -0.39 is 53.0 Å². The fourth-order valence-corrected chi connectivity index (χ4v) is 6.69. The van der Waals surface area contributed by atoms with Crippen molar-refractivity contribution in [2.75, 3.05) is 18.1 Å². The first kappa shape index (κ1) is 31.0. The average Bonchev–Trinajstić information content (AvgIpc) is 3.52. The number of nitrogens with zero attached hydrogens (tertiary/aromatic N) is 1. The summed E-state index contributed by atoms with van der Waals surface area (Å²) in [6.45, 7) is 3.09. The van der Waals surface area contributed by atoms with Crippen molar-refractivity contribution in [3.8, 4) is 0 Å². The van der Waals surface area contributed by atoms with Crippen molar-refractivity contribution in [1.82, 2.24) is 0 Å². The highest BCUT2D eigenvalue weighted by atomic mass is 32.1. The first-order valence-corrected chi connectivity index (χ1v) is 14.7. The predicted molar refractivity (Wildman–Crippen MR) is 155 cm³/mol. The number of carbonyl (C=O) groups excluding carboxylic acids is 3. The summed E-state index contributed by atoms with van der Waals surface area (Å²) in [6, 6.07) is 13.2. The summed E-state index contributed by atoms with van der Waals surface area (Å²) in [6.07, 6.45) is -4.61. The van der Waals surface area contributed by atoms with Gasteiger partial charge in [0.1, 0.15) is 17.6 Å². The molecule has 0 amide bonds. The fourth-order valence-electron chi connectivity index (χ4n) is 5.82. The Kier molecular flexibility index (Phi) is 8.64. The number of benzene rings is 2. The van der Waals surface area contributed by atoms with Crippen molar-refractivity contribution in [1.29, 1.82) is 0 Å². The highest BCUT2D eigenvalue weighted by molar-refractivity contribution is 7.10. The Balaban J connectivity index is 1.82. The number of allylic oxidation sites excluding steroid dienone is 2. The second kappa shape index (κ2) is 12.3. The second-order valence-electron chi connectivity index (χ2n) is 10.1. The quantitative estimate of drug-likeness (QED) is 0.183. The number of ketones is 1. The molecule has 2 N–H and O–H groups in total. The van der Waals surface area contributed by atoms with E-state index in [4.69, 9.17) is 15.2 Å². The predicted octanol–water partition coefficient (Wildman–Crippen LogP) is 6.43. The summed E-state index contributed by atoms with van der Waals surface area (Å²) in [4.78, 5) is 43.5. The van der Waals surface area contributed by atoms with Crippen LogP contribution in [0.3, 0.4) is 0 Å². The number of alkyl halides is 3. The molecule has 1 aromatic heterocycles. The fraction of sp³-hybridized carbons (Fsp3) is 0.281. The van der Waals surface area contributed by atoms with Gasteiger partial charge in [0, 0.05) is 33.3 Å². The third-order valence-electron chi connectivity index (χ3n) is 7.65. The number of nitrogens with two attached hydrogens (primary N) is 1. The van der Waals surface area contributed by atoms with E-state index in [2.05, 4.69) is 0 Å². The maximum Gasteiger partial charge on any atom is 0.416 e. The van der Waals surface area contributed by atoms with Crippen LogP contribution in [0.25, 0.3) is 0 Å². The van der Waals surface area contributed by atoms with Crippen LogP contribution in [0.4, 0.5) is 23.2 Å². The van der Waals surface area contributed by atoms with Gasteiger partial charge in [0.05, 0.1) is 30.3 Å². The lowest BCUT2D eigenvalue weighted by molar-refractivity contribution is -0.152. The van der Waals surface area contributed by atoms with Gasteiger partial charge in [0.15, 0.2) is 5.78 Å². The van der Waals surface area contributed by atoms with Crippen molar-refractivity contribution >= 4 is 34.7 Å². The molecule has 2 heterocycles. The van der Waals surface area contributed by atoms with Crippen LogP contribution in [0.2, 0.25) is 0 Å². The minimum Gasteiger partial charge on any atom is -0.465 e. The van der Waals surface area contributed by atoms with Crippen LogP contribution < -0.4 is 10.6 Å². The van der Waals surface area contributed by atoms with Crippen molar-refractivity contribution in [2.45, 2.75) is 38.3 Å². The molecule has 5 rings (SSSR count). The molecule has 0 radical (unpaired) electrons. The van der Waals surface area contributed by atoms with Crippen molar-refractivity contribution < 1.29 is 41.4 Å². The summed E-state index contributed by atoms with van der Waals surface area (Å²) >= 11 is 1.32. The Bertz CT molecular complexity index is 1650. The number of Topliss-reactive ketones (excluding diaryl/α,β-unsaturated/α-hetero) is 1. The largest absolute Gasteiger partial charge is 0.465 e. The van der Waals surface area contributed by atoms with E-state index in [1.807, 2.05) is 0 Å². The highest BCUT2D eigenvalue weighted by Gasteiger charge is 2.52. The Morgan fingerprint density at radius 1 is 1.00 bits per heavy atom. The SMILES string of the molecule is CCOC(=O)C1=C(N)N(c2ccc(C(F)(F)F)cc2)C2=C(C(=O)[C@H](C(=O)OCC)[C@@H](c3cccs3)C2)[C@H]1c1ccccc1F. The molecular formula is C32H28F4N2O5S. The number of carbonyl (C=O) groups is 3. The number of hydrogen-bond acceptors (Lipinski definition) is 8. The van der Waals surface area contributed by atoms with Gasteiger partial charge in [-0.3, -0.25) is 14.5 Å². The van der Waals surface area contributed by atoms with E-state index in [-0.39, 0.29) is 53.5 Å². The maximum atomic E-state index is 15.5. The van der Waals surface area contributed by atoms with Crippen molar-refractivity contribution in [3.63, 3.8) is 0 Å². The highest BCUT2D eigenvalue weighted by Crippen LogP contribution is 2.52. The van der Waals surface area contributed by atoms with Crippen LogP contribution in [0.1, 0.15) is 48.1 Å². The number of anilines is 1. The Labute approximate surface area is 254 Å². The lowest BCUT2D eigenvalue weighted by Gasteiger charge is -2.43. The van der Waals surface area contributed by atoms with Gasteiger partial charge in [-0.15, -0.1) is 11.3 Å². The Hall–Kier alpha value is -4.45. The summed E-state index contributed by atoms with van der Waals surface area (Å²) in [7, 11) is 0. The van der Waals surface area contributed by atoms with Crippen LogP contribution in [-0.2, 0) is 30.0 Å². The molecule has 0 spiro atoms. The molecule has 7 nitrogen and oxygen atoms in total. The number of ether oxygens (including phenoxy) is 2. The standard InChI is InChI=1S/C32H28F4N2O5S/c1-3-42-30(40)25-20(23-10-7-15-44-23)16-22-26(28(25)39)24(19-8-5-6-9-21(19)33)27(31(41)43-4-2)29(37)38(22)18-13-11-17(12-14-18)32(34,35)36/h5-15,20,24-25H,3-4,16,37H2,1-2H3/t20-,24-,25-/m1/s1. The van der Waals surface area contributed by atoms with Crippen molar-refractivity contribution in [3.05, 3.63) is 111 Å². The molecule has 230 valence electrons. The zero-order chi connectivity index (χ0) is 31.8. The normalized spacial score (nSPS) is 20.5. The molecule has 1 aliphatic carbocycles. The molecule has 3 aromatic rings. The zero-order valence-corrected chi connectivity index (χ0v) is 24.5. The molecule has 44 heavy (non-hydrogen) atoms. The third-order valence-corrected chi connectivity index (χ3v) is 8.66. The molecule has 0 bridgehead atoms. The molecule has 0 saturated heterocycles. The summed E-state index contributed by atoms with van der Waals surface area (Å²) in [5, 5.41) is 1.79. The van der Waals surface area contributed by atoms with Gasteiger partial charge in [0.25, 0.3) is 0 Å². The molecule has 2 aromatic carbocycles. The van der Waals surface area contributed by atoms with E-state index in [9.17, 15) is 27.6 Å². The van der Waals surface area contributed by atoms with Crippen molar-refractivity contribution in [2.24, 2.45) is 11.7 Å². The molecule has 3 atom stereocenters. The summed E-state index contributed by atoms with van der Waals surface area (Å²) < 4.78 is 66.4. The lowest BCUT2D eigenvalue weighted by Crippen LogP contribution is -2.46. The van der Waals surface area contributed by atoms with Crippen LogP contribution in [0, 0.1) is 11.7 Å². The van der Waals surface area contributed by atoms with Crippen LogP contribution in [0.5, 0.6) is 0 Å². The van der Waals surface area contributed by atoms with Gasteiger partial charge in [-0.1, -0.05) is 24.3 Å². The smallest absolute Gasteiger partial charge is 0.416 e. The van der Waals surface area contributed by atoms with E-state index in [1.165, 1.54) is 52.6 Å². The van der Waals surface area contributed by atoms with Gasteiger partial charge in [-0.05, 0) is 62.0 Å². The first-order chi connectivity index (χ1) is 21.0. The van der Waals surface area contributed by atoms with E-state index in [0.29, 0.717) is 4.88 Å². The number of hydrogen-bond donors (Lipinski definition) is 1. The number of halogens is 4. The second-order valence-corrected chi connectivity index (χ2v) is 11.1. The lowest BCUT2D eigenvalue weighted by atomic mass is 9.68. The van der Waals surface area contributed by atoms with E-state index >= 15 is 4.39 Å². The topological polar surface area (TPSA) is 98.9 Å². The summed E-state index contributed by atoms with van der Waals surface area (Å²) in [5.74, 6) is -6.83. The zero-order valence-electron chi connectivity index (χ0n) is 23.7. The van der Waals surface area contributed by atoms with Gasteiger partial charge >= 0.3 is 18.1 Å². The van der Waals surface area contributed by atoms with Crippen LogP contribution >= 0.6 is 11.3 Å². The molecule has 12 heteroatoms. The average molecular weight is 629 g/mol.